The molecule has 0 bridgehead atoms. The highest BCUT2D eigenvalue weighted by atomic mass is 19.1. The van der Waals surface area contributed by atoms with Gasteiger partial charge in [-0.2, -0.15) is 4.98 Å². The van der Waals surface area contributed by atoms with Crippen molar-refractivity contribution in [2.75, 3.05) is 5.32 Å². The molecule has 0 atom stereocenters. The van der Waals surface area contributed by atoms with Crippen LogP contribution in [-0.4, -0.2) is 10.1 Å². The first kappa shape index (κ1) is 15.2. The summed E-state index contributed by atoms with van der Waals surface area (Å²) in [6.45, 7) is 6.28. The number of nitrogens with one attached hydrogen (secondary N) is 1. The largest absolute Gasteiger partial charge is 0.376 e. The van der Waals surface area contributed by atoms with Crippen LogP contribution in [0, 0.1) is 26.6 Å². The SMILES string of the molecule is Cc1ccc(NCc2nc(-c3ccc(C)c(F)c3)no2)cc1C. The molecule has 5 heteroatoms. The molecule has 1 N–H and O–H groups in total. The molecular formula is C18H18FN3O. The molecule has 3 aromatic rings. The number of hydrogen-bond acceptors (Lipinski definition) is 4. The number of nitrogens with zero attached hydrogens (tertiary/aromatic N) is 2. The minimum atomic E-state index is -0.276. The quantitative estimate of drug-likeness (QED) is 0.775. The number of halogens is 1. The lowest BCUT2D eigenvalue weighted by Gasteiger charge is -2.06. The molecule has 1 aromatic heterocycles. The molecule has 0 aliphatic heterocycles. The molecule has 0 fully saturated rings. The Bertz CT molecular complexity index is 842. The van der Waals surface area contributed by atoms with Gasteiger partial charge < -0.3 is 9.84 Å². The highest BCUT2D eigenvalue weighted by Gasteiger charge is 2.10. The van der Waals surface area contributed by atoms with Gasteiger partial charge in [0.25, 0.3) is 0 Å². The second-order valence-electron chi connectivity index (χ2n) is 5.63. The summed E-state index contributed by atoms with van der Waals surface area (Å²) in [6.07, 6.45) is 0. The zero-order valence-corrected chi connectivity index (χ0v) is 13.4. The molecule has 1 heterocycles. The fourth-order valence-electron chi connectivity index (χ4n) is 2.20. The number of anilines is 1. The molecular weight excluding hydrogens is 293 g/mol. The lowest BCUT2D eigenvalue weighted by Crippen LogP contribution is -2.00. The smallest absolute Gasteiger partial charge is 0.246 e. The number of rotatable bonds is 4. The molecule has 118 valence electrons. The Morgan fingerprint density at radius 2 is 1.78 bits per heavy atom. The van der Waals surface area contributed by atoms with Crippen LogP contribution in [0.1, 0.15) is 22.6 Å². The highest BCUT2D eigenvalue weighted by molar-refractivity contribution is 5.55. The normalized spacial score (nSPS) is 10.8. The van der Waals surface area contributed by atoms with Crippen LogP contribution in [0.5, 0.6) is 0 Å². The van der Waals surface area contributed by atoms with E-state index in [2.05, 4.69) is 41.4 Å². The topological polar surface area (TPSA) is 51.0 Å². The van der Waals surface area contributed by atoms with Crippen LogP contribution in [0.2, 0.25) is 0 Å². The van der Waals surface area contributed by atoms with E-state index < -0.39 is 0 Å². The van der Waals surface area contributed by atoms with Crippen LogP contribution in [0.15, 0.2) is 40.9 Å². The van der Waals surface area contributed by atoms with Crippen molar-refractivity contribution in [3.05, 3.63) is 64.8 Å². The fourth-order valence-corrected chi connectivity index (χ4v) is 2.20. The van der Waals surface area contributed by atoms with Crippen LogP contribution in [0.25, 0.3) is 11.4 Å². The van der Waals surface area contributed by atoms with Crippen molar-refractivity contribution in [2.45, 2.75) is 27.3 Å². The molecule has 0 aliphatic carbocycles. The zero-order chi connectivity index (χ0) is 16.4. The predicted molar refractivity (Wildman–Crippen MR) is 87.7 cm³/mol. The Labute approximate surface area is 134 Å². The minimum Gasteiger partial charge on any atom is -0.376 e. The van der Waals surface area contributed by atoms with Crippen molar-refractivity contribution in [2.24, 2.45) is 0 Å². The summed E-state index contributed by atoms with van der Waals surface area (Å²) in [5.41, 5.74) is 4.66. The number of benzene rings is 2. The molecule has 0 saturated heterocycles. The molecule has 0 amide bonds. The zero-order valence-electron chi connectivity index (χ0n) is 13.4. The first-order valence-corrected chi connectivity index (χ1v) is 7.43. The van der Waals surface area contributed by atoms with E-state index in [0.717, 1.165) is 5.69 Å². The molecule has 3 rings (SSSR count). The lowest BCUT2D eigenvalue weighted by atomic mass is 10.1. The van der Waals surface area contributed by atoms with Crippen LogP contribution >= 0.6 is 0 Å². The van der Waals surface area contributed by atoms with Gasteiger partial charge in [0.1, 0.15) is 5.82 Å². The van der Waals surface area contributed by atoms with Crippen LogP contribution < -0.4 is 5.32 Å². The molecule has 2 aromatic carbocycles. The van der Waals surface area contributed by atoms with E-state index in [4.69, 9.17) is 4.52 Å². The average molecular weight is 311 g/mol. The van der Waals surface area contributed by atoms with Crippen molar-refractivity contribution in [3.63, 3.8) is 0 Å². The van der Waals surface area contributed by atoms with E-state index in [0.29, 0.717) is 29.4 Å². The highest BCUT2D eigenvalue weighted by Crippen LogP contribution is 2.20. The molecule has 0 radical (unpaired) electrons. The van der Waals surface area contributed by atoms with Gasteiger partial charge in [0, 0.05) is 11.3 Å². The van der Waals surface area contributed by atoms with Crippen molar-refractivity contribution < 1.29 is 8.91 Å². The standard InChI is InChI=1S/C18H18FN3O/c1-11-5-7-15(8-13(11)3)20-10-17-21-18(22-23-17)14-6-4-12(2)16(19)9-14/h4-9,20H,10H2,1-3H3. The Balaban J connectivity index is 1.71. The second-order valence-corrected chi connectivity index (χ2v) is 5.63. The summed E-state index contributed by atoms with van der Waals surface area (Å²) in [6, 6.07) is 11.0. The summed E-state index contributed by atoms with van der Waals surface area (Å²) >= 11 is 0. The van der Waals surface area contributed by atoms with Gasteiger partial charge in [-0.3, -0.25) is 0 Å². The first-order valence-electron chi connectivity index (χ1n) is 7.43. The maximum atomic E-state index is 13.6. The van der Waals surface area contributed by atoms with E-state index in [1.54, 1.807) is 19.1 Å². The van der Waals surface area contributed by atoms with Gasteiger partial charge in [0.2, 0.25) is 11.7 Å². The van der Waals surface area contributed by atoms with Gasteiger partial charge >= 0.3 is 0 Å². The Hall–Kier alpha value is -2.69. The summed E-state index contributed by atoms with van der Waals surface area (Å²) in [7, 11) is 0. The molecule has 0 unspecified atom stereocenters. The van der Waals surface area contributed by atoms with Crippen molar-refractivity contribution in [3.8, 4) is 11.4 Å². The average Bonchev–Trinajstić information content (AvgIpc) is 3.00. The fraction of sp³-hybridized carbons (Fsp3) is 0.222. The Kier molecular flexibility index (Phi) is 4.10. The third-order valence-electron chi connectivity index (χ3n) is 3.85. The maximum Gasteiger partial charge on any atom is 0.246 e. The summed E-state index contributed by atoms with van der Waals surface area (Å²) in [5.74, 6) is 0.571. The van der Waals surface area contributed by atoms with E-state index >= 15 is 0 Å². The third-order valence-corrected chi connectivity index (χ3v) is 3.85. The summed E-state index contributed by atoms with van der Waals surface area (Å²) in [4.78, 5) is 4.30. The van der Waals surface area contributed by atoms with E-state index in [1.807, 2.05) is 6.07 Å². The van der Waals surface area contributed by atoms with Gasteiger partial charge in [-0.1, -0.05) is 23.4 Å². The van der Waals surface area contributed by atoms with Crippen molar-refractivity contribution >= 4 is 5.69 Å². The van der Waals surface area contributed by atoms with Gasteiger partial charge in [-0.05, 0) is 55.7 Å². The van der Waals surface area contributed by atoms with E-state index in [1.165, 1.54) is 17.2 Å². The third kappa shape index (κ3) is 3.39. The molecule has 23 heavy (non-hydrogen) atoms. The van der Waals surface area contributed by atoms with Crippen molar-refractivity contribution in [1.29, 1.82) is 0 Å². The van der Waals surface area contributed by atoms with E-state index in [9.17, 15) is 4.39 Å². The number of aromatic nitrogens is 2. The van der Waals surface area contributed by atoms with Gasteiger partial charge in [-0.25, -0.2) is 4.39 Å². The van der Waals surface area contributed by atoms with Gasteiger partial charge in [-0.15, -0.1) is 0 Å². The molecule has 0 spiro atoms. The lowest BCUT2D eigenvalue weighted by molar-refractivity contribution is 0.384. The molecule has 0 aliphatic rings. The summed E-state index contributed by atoms with van der Waals surface area (Å²) in [5, 5.41) is 7.15. The monoisotopic (exact) mass is 311 g/mol. The van der Waals surface area contributed by atoms with Gasteiger partial charge in [0.05, 0.1) is 6.54 Å². The summed E-state index contributed by atoms with van der Waals surface area (Å²) < 4.78 is 18.8. The van der Waals surface area contributed by atoms with Crippen LogP contribution in [0.3, 0.4) is 0 Å². The first-order chi connectivity index (χ1) is 11.0. The van der Waals surface area contributed by atoms with Gasteiger partial charge in [0.15, 0.2) is 0 Å². The predicted octanol–water partition coefficient (Wildman–Crippen LogP) is 4.41. The van der Waals surface area contributed by atoms with Crippen molar-refractivity contribution in [1.82, 2.24) is 10.1 Å². The van der Waals surface area contributed by atoms with Crippen LogP contribution in [-0.2, 0) is 6.54 Å². The maximum absolute atomic E-state index is 13.6. The van der Waals surface area contributed by atoms with Crippen LogP contribution in [0.4, 0.5) is 10.1 Å². The Morgan fingerprint density at radius 3 is 2.52 bits per heavy atom. The molecule has 4 nitrogen and oxygen atoms in total. The number of hydrogen-bond donors (Lipinski definition) is 1. The van der Waals surface area contributed by atoms with E-state index in [-0.39, 0.29) is 5.82 Å². The molecule has 0 saturated carbocycles. The minimum absolute atomic E-state index is 0.276. The Morgan fingerprint density at radius 1 is 1.00 bits per heavy atom. The second kappa shape index (κ2) is 6.20. The number of aryl methyl sites for hydroxylation is 3.